The van der Waals surface area contributed by atoms with Crippen molar-refractivity contribution in [3.63, 3.8) is 0 Å². The Bertz CT molecular complexity index is 403. The lowest BCUT2D eigenvalue weighted by Crippen LogP contribution is -2.59. The summed E-state index contributed by atoms with van der Waals surface area (Å²) >= 11 is 0. The number of carbonyl (C=O) groups excluding carboxylic acids is 3. The van der Waals surface area contributed by atoms with Gasteiger partial charge in [0.1, 0.15) is 6.04 Å². The van der Waals surface area contributed by atoms with Crippen LogP contribution in [0.3, 0.4) is 0 Å². The van der Waals surface area contributed by atoms with Crippen molar-refractivity contribution < 1.29 is 23.9 Å². The molecule has 0 aliphatic carbocycles. The first-order valence-corrected chi connectivity index (χ1v) is 8.02. The van der Waals surface area contributed by atoms with Gasteiger partial charge < -0.3 is 25.0 Å². The standard InChI is InChI=1S/C15H27N3O5/c1-3-4-8-23-14(20)10-12-15(21)17-5-7-18(12)13(19)11-16-6-9-22-2/h12,16H,3-11H2,1-2H3,(H,17,21). The summed E-state index contributed by atoms with van der Waals surface area (Å²) in [4.78, 5) is 37.5. The summed E-state index contributed by atoms with van der Waals surface area (Å²) in [5.41, 5.74) is 0. The molecule has 132 valence electrons. The van der Waals surface area contributed by atoms with Gasteiger partial charge in [0.05, 0.1) is 26.2 Å². The van der Waals surface area contributed by atoms with E-state index >= 15 is 0 Å². The van der Waals surface area contributed by atoms with Crippen LogP contribution in [0.25, 0.3) is 0 Å². The van der Waals surface area contributed by atoms with E-state index in [4.69, 9.17) is 9.47 Å². The van der Waals surface area contributed by atoms with Crippen molar-refractivity contribution in [2.75, 3.05) is 46.5 Å². The number of methoxy groups -OCH3 is 1. The summed E-state index contributed by atoms with van der Waals surface area (Å²) in [7, 11) is 1.58. The van der Waals surface area contributed by atoms with Crippen LogP contribution in [-0.4, -0.2) is 75.2 Å². The van der Waals surface area contributed by atoms with Crippen LogP contribution in [0.4, 0.5) is 0 Å². The molecule has 1 unspecified atom stereocenters. The molecule has 1 aliphatic heterocycles. The van der Waals surface area contributed by atoms with Crippen molar-refractivity contribution >= 4 is 17.8 Å². The fraction of sp³-hybridized carbons (Fsp3) is 0.800. The Morgan fingerprint density at radius 1 is 1.39 bits per heavy atom. The zero-order chi connectivity index (χ0) is 17.1. The minimum absolute atomic E-state index is 0.109. The third-order valence-electron chi connectivity index (χ3n) is 3.53. The van der Waals surface area contributed by atoms with Gasteiger partial charge in [-0.2, -0.15) is 0 Å². The zero-order valence-electron chi connectivity index (χ0n) is 13.9. The van der Waals surface area contributed by atoms with E-state index in [0.29, 0.717) is 32.8 Å². The first-order chi connectivity index (χ1) is 11.1. The molecule has 0 aromatic heterocycles. The lowest BCUT2D eigenvalue weighted by molar-refractivity contribution is -0.151. The number of nitrogens with zero attached hydrogens (tertiary/aromatic N) is 1. The first kappa shape index (κ1) is 19.4. The molecule has 8 nitrogen and oxygen atoms in total. The van der Waals surface area contributed by atoms with Crippen LogP contribution in [-0.2, 0) is 23.9 Å². The fourth-order valence-corrected chi connectivity index (χ4v) is 2.23. The normalized spacial score (nSPS) is 17.7. The van der Waals surface area contributed by atoms with Gasteiger partial charge >= 0.3 is 5.97 Å². The molecule has 8 heteroatoms. The van der Waals surface area contributed by atoms with Gasteiger partial charge in [-0.15, -0.1) is 0 Å². The third-order valence-corrected chi connectivity index (χ3v) is 3.53. The van der Waals surface area contributed by atoms with Gasteiger partial charge in [-0.25, -0.2) is 0 Å². The highest BCUT2D eigenvalue weighted by molar-refractivity contribution is 5.92. The van der Waals surface area contributed by atoms with Gasteiger partial charge in [0.15, 0.2) is 0 Å². The second-order valence-electron chi connectivity index (χ2n) is 5.34. The minimum atomic E-state index is -0.797. The average Bonchev–Trinajstić information content (AvgIpc) is 2.53. The maximum absolute atomic E-state index is 12.2. The molecule has 0 saturated carbocycles. The van der Waals surface area contributed by atoms with Crippen molar-refractivity contribution in [3.05, 3.63) is 0 Å². The Kier molecular flexibility index (Phi) is 9.23. The molecule has 1 rings (SSSR count). The Morgan fingerprint density at radius 2 is 2.17 bits per heavy atom. The zero-order valence-corrected chi connectivity index (χ0v) is 13.9. The molecule has 1 atom stereocenters. The average molecular weight is 329 g/mol. The Hall–Kier alpha value is -1.67. The van der Waals surface area contributed by atoms with Gasteiger partial charge in [0, 0.05) is 26.7 Å². The fourth-order valence-electron chi connectivity index (χ4n) is 2.23. The van der Waals surface area contributed by atoms with Crippen molar-refractivity contribution in [3.8, 4) is 0 Å². The molecule has 2 amide bonds. The molecule has 23 heavy (non-hydrogen) atoms. The molecule has 0 spiro atoms. The Balaban J connectivity index is 2.51. The molecule has 1 aliphatic rings. The highest BCUT2D eigenvalue weighted by Crippen LogP contribution is 2.10. The summed E-state index contributed by atoms with van der Waals surface area (Å²) in [5, 5.41) is 5.63. The third kappa shape index (κ3) is 6.96. The molecule has 0 bridgehead atoms. The maximum atomic E-state index is 12.2. The van der Waals surface area contributed by atoms with Gasteiger partial charge in [-0.05, 0) is 6.42 Å². The smallest absolute Gasteiger partial charge is 0.308 e. The van der Waals surface area contributed by atoms with Crippen molar-refractivity contribution in [2.24, 2.45) is 0 Å². The van der Waals surface area contributed by atoms with E-state index in [9.17, 15) is 14.4 Å². The predicted molar refractivity (Wildman–Crippen MR) is 83.7 cm³/mol. The highest BCUT2D eigenvalue weighted by atomic mass is 16.5. The van der Waals surface area contributed by atoms with Crippen LogP contribution in [0, 0.1) is 0 Å². The molecule has 2 N–H and O–H groups in total. The van der Waals surface area contributed by atoms with E-state index < -0.39 is 12.0 Å². The predicted octanol–water partition coefficient (Wildman–Crippen LogP) is -0.717. The summed E-state index contributed by atoms with van der Waals surface area (Å²) < 4.78 is 9.98. The number of hydrogen-bond acceptors (Lipinski definition) is 6. The van der Waals surface area contributed by atoms with E-state index in [2.05, 4.69) is 10.6 Å². The van der Waals surface area contributed by atoms with E-state index in [1.54, 1.807) is 7.11 Å². The Labute approximate surface area is 136 Å². The molecular weight excluding hydrogens is 302 g/mol. The number of esters is 1. The molecule has 0 aromatic carbocycles. The quantitative estimate of drug-likeness (QED) is 0.406. The lowest BCUT2D eigenvalue weighted by Gasteiger charge is -2.34. The monoisotopic (exact) mass is 329 g/mol. The lowest BCUT2D eigenvalue weighted by atomic mass is 10.1. The van der Waals surface area contributed by atoms with Crippen LogP contribution >= 0.6 is 0 Å². The van der Waals surface area contributed by atoms with Crippen LogP contribution in [0.2, 0.25) is 0 Å². The number of rotatable bonds is 10. The molecule has 1 fully saturated rings. The Morgan fingerprint density at radius 3 is 2.87 bits per heavy atom. The van der Waals surface area contributed by atoms with Gasteiger partial charge in [0.25, 0.3) is 0 Å². The maximum Gasteiger partial charge on any atom is 0.308 e. The van der Waals surface area contributed by atoms with Crippen molar-refractivity contribution in [1.29, 1.82) is 0 Å². The second-order valence-corrected chi connectivity index (χ2v) is 5.34. The van der Waals surface area contributed by atoms with E-state index in [0.717, 1.165) is 12.8 Å². The van der Waals surface area contributed by atoms with E-state index in [1.165, 1.54) is 4.90 Å². The number of piperazine rings is 1. The highest BCUT2D eigenvalue weighted by Gasteiger charge is 2.34. The number of amides is 2. The number of hydrogen-bond donors (Lipinski definition) is 2. The van der Waals surface area contributed by atoms with E-state index in [-0.39, 0.29) is 24.8 Å². The number of unbranched alkanes of at least 4 members (excludes halogenated alkanes) is 1. The number of carbonyl (C=O) groups is 3. The van der Waals surface area contributed by atoms with Gasteiger partial charge in [0.2, 0.25) is 11.8 Å². The molecule has 1 heterocycles. The summed E-state index contributed by atoms with van der Waals surface area (Å²) in [6.07, 6.45) is 1.60. The van der Waals surface area contributed by atoms with Crippen LogP contribution in [0.1, 0.15) is 26.2 Å². The topological polar surface area (TPSA) is 97.0 Å². The van der Waals surface area contributed by atoms with E-state index in [1.807, 2.05) is 6.92 Å². The van der Waals surface area contributed by atoms with Crippen molar-refractivity contribution in [2.45, 2.75) is 32.2 Å². The molecular formula is C15H27N3O5. The molecule has 0 radical (unpaired) electrons. The van der Waals surface area contributed by atoms with Crippen LogP contribution < -0.4 is 10.6 Å². The summed E-state index contributed by atoms with van der Waals surface area (Å²) in [6.45, 7) is 4.29. The minimum Gasteiger partial charge on any atom is -0.466 e. The van der Waals surface area contributed by atoms with Crippen molar-refractivity contribution in [1.82, 2.24) is 15.5 Å². The summed E-state index contributed by atoms with van der Waals surface area (Å²) in [5.74, 6) is -0.970. The number of nitrogens with one attached hydrogen (secondary N) is 2. The van der Waals surface area contributed by atoms with Gasteiger partial charge in [-0.1, -0.05) is 13.3 Å². The first-order valence-electron chi connectivity index (χ1n) is 8.02. The largest absolute Gasteiger partial charge is 0.466 e. The van der Waals surface area contributed by atoms with Crippen LogP contribution in [0.5, 0.6) is 0 Å². The SMILES string of the molecule is CCCCOC(=O)CC1C(=O)NCCN1C(=O)CNCCOC. The second kappa shape index (κ2) is 11.0. The molecule has 1 saturated heterocycles. The molecule has 0 aromatic rings. The number of ether oxygens (including phenoxy) is 2. The summed E-state index contributed by atoms with van der Waals surface area (Å²) in [6, 6.07) is -0.797. The van der Waals surface area contributed by atoms with Crippen LogP contribution in [0.15, 0.2) is 0 Å². The van der Waals surface area contributed by atoms with Gasteiger partial charge in [-0.3, -0.25) is 14.4 Å².